The van der Waals surface area contributed by atoms with Crippen molar-refractivity contribution in [3.63, 3.8) is 0 Å². The summed E-state index contributed by atoms with van der Waals surface area (Å²) in [4.78, 5) is 0. The Hall–Kier alpha value is -0.640. The quantitative estimate of drug-likeness (QED) is 0.634. The van der Waals surface area contributed by atoms with Gasteiger partial charge < -0.3 is 0 Å². The second-order valence-corrected chi connectivity index (χ2v) is 5.45. The summed E-state index contributed by atoms with van der Waals surface area (Å²) < 4.78 is 13.0. The Morgan fingerprint density at radius 2 is 2.06 bits per heavy atom. The third kappa shape index (κ3) is 3.44. The largest absolute Gasteiger partial charge is 0.271 e. The fourth-order valence-electron chi connectivity index (χ4n) is 1.52. The zero-order chi connectivity index (χ0) is 12.3. The van der Waals surface area contributed by atoms with E-state index in [1.165, 1.54) is 6.07 Å². The van der Waals surface area contributed by atoms with Crippen LogP contribution in [0.4, 0.5) is 4.39 Å². The van der Waals surface area contributed by atoms with Gasteiger partial charge in [0.25, 0.3) is 0 Å². The van der Waals surface area contributed by atoms with Crippen LogP contribution >= 0.6 is 11.6 Å². The standard InChI is InChI=1S/C12H18ClFN2/c1-12(2,3)11(16-15)7-8-4-5-10(14)9(13)6-8/h4-6,11,16H,7,15H2,1-3H3. The van der Waals surface area contributed by atoms with E-state index in [0.29, 0.717) is 0 Å². The lowest BCUT2D eigenvalue weighted by Gasteiger charge is -2.30. The molecule has 0 saturated carbocycles. The lowest BCUT2D eigenvalue weighted by molar-refractivity contribution is 0.269. The van der Waals surface area contributed by atoms with Crippen molar-refractivity contribution in [3.8, 4) is 0 Å². The highest BCUT2D eigenvalue weighted by Crippen LogP contribution is 2.24. The zero-order valence-electron chi connectivity index (χ0n) is 9.85. The molecule has 3 N–H and O–H groups in total. The molecule has 1 rings (SSSR count). The third-order valence-electron chi connectivity index (χ3n) is 2.67. The van der Waals surface area contributed by atoms with E-state index in [1.807, 2.05) is 0 Å². The minimum absolute atomic E-state index is 0.0373. The van der Waals surface area contributed by atoms with Gasteiger partial charge in [-0.25, -0.2) is 4.39 Å². The fraction of sp³-hybridized carbons (Fsp3) is 0.500. The van der Waals surface area contributed by atoms with Gasteiger partial charge in [0.05, 0.1) is 5.02 Å². The number of hydrogen-bond acceptors (Lipinski definition) is 2. The van der Waals surface area contributed by atoms with Crippen LogP contribution in [0.2, 0.25) is 5.02 Å². The molecule has 0 radical (unpaired) electrons. The number of nitrogens with two attached hydrogens (primary N) is 1. The monoisotopic (exact) mass is 244 g/mol. The van der Waals surface area contributed by atoms with E-state index in [4.69, 9.17) is 17.4 Å². The van der Waals surface area contributed by atoms with Crippen LogP contribution in [0.25, 0.3) is 0 Å². The predicted molar refractivity (Wildman–Crippen MR) is 65.7 cm³/mol. The molecule has 16 heavy (non-hydrogen) atoms. The number of hydrogen-bond donors (Lipinski definition) is 2. The molecule has 0 aromatic heterocycles. The molecule has 2 nitrogen and oxygen atoms in total. The summed E-state index contributed by atoms with van der Waals surface area (Å²) in [6.45, 7) is 6.30. The van der Waals surface area contributed by atoms with Gasteiger partial charge >= 0.3 is 0 Å². The smallest absolute Gasteiger partial charge is 0.141 e. The van der Waals surface area contributed by atoms with E-state index >= 15 is 0 Å². The van der Waals surface area contributed by atoms with Gasteiger partial charge in [-0.2, -0.15) is 0 Å². The van der Waals surface area contributed by atoms with Gasteiger partial charge in [-0.15, -0.1) is 0 Å². The summed E-state index contributed by atoms with van der Waals surface area (Å²) in [5.74, 6) is 5.13. The molecular weight excluding hydrogens is 227 g/mol. The molecule has 0 bridgehead atoms. The van der Waals surface area contributed by atoms with Crippen molar-refractivity contribution in [2.75, 3.05) is 0 Å². The highest BCUT2D eigenvalue weighted by Gasteiger charge is 2.23. The summed E-state index contributed by atoms with van der Waals surface area (Å²) in [6.07, 6.45) is 0.722. The van der Waals surface area contributed by atoms with Crippen molar-refractivity contribution >= 4 is 11.6 Å². The molecule has 0 aliphatic rings. The van der Waals surface area contributed by atoms with E-state index in [1.54, 1.807) is 12.1 Å². The van der Waals surface area contributed by atoms with E-state index in [2.05, 4.69) is 26.2 Å². The number of nitrogens with one attached hydrogen (secondary N) is 1. The minimum Gasteiger partial charge on any atom is -0.271 e. The van der Waals surface area contributed by atoms with Gasteiger partial charge in [0.2, 0.25) is 0 Å². The van der Waals surface area contributed by atoms with Gasteiger partial charge in [-0.1, -0.05) is 38.4 Å². The second kappa shape index (κ2) is 5.13. The van der Waals surface area contributed by atoms with E-state index in [-0.39, 0.29) is 16.5 Å². The van der Waals surface area contributed by atoms with Crippen LogP contribution in [-0.2, 0) is 6.42 Å². The van der Waals surface area contributed by atoms with Crippen molar-refractivity contribution in [1.29, 1.82) is 0 Å². The molecule has 1 unspecified atom stereocenters. The number of halogens is 2. The van der Waals surface area contributed by atoms with Crippen LogP contribution in [0, 0.1) is 11.2 Å². The highest BCUT2D eigenvalue weighted by atomic mass is 35.5. The van der Waals surface area contributed by atoms with E-state index in [9.17, 15) is 4.39 Å². The Kier molecular flexibility index (Phi) is 4.30. The van der Waals surface area contributed by atoms with Gasteiger partial charge in [0.1, 0.15) is 5.82 Å². The molecule has 1 aromatic rings. The normalized spacial score (nSPS) is 13.9. The summed E-state index contributed by atoms with van der Waals surface area (Å²) >= 11 is 5.73. The first-order chi connectivity index (χ1) is 7.34. The van der Waals surface area contributed by atoms with Gasteiger partial charge in [-0.05, 0) is 29.5 Å². The molecule has 1 aromatic carbocycles. The summed E-state index contributed by atoms with van der Waals surface area (Å²) in [5.41, 5.74) is 3.80. The van der Waals surface area contributed by atoms with Crippen LogP contribution in [0.3, 0.4) is 0 Å². The van der Waals surface area contributed by atoms with Crippen LogP contribution < -0.4 is 11.3 Å². The van der Waals surface area contributed by atoms with Crippen molar-refractivity contribution in [2.24, 2.45) is 11.3 Å². The van der Waals surface area contributed by atoms with Crippen molar-refractivity contribution in [1.82, 2.24) is 5.43 Å². The molecule has 90 valence electrons. The third-order valence-corrected chi connectivity index (χ3v) is 2.96. The number of rotatable bonds is 3. The Morgan fingerprint density at radius 1 is 1.44 bits per heavy atom. The van der Waals surface area contributed by atoms with Gasteiger partial charge in [0, 0.05) is 6.04 Å². The molecule has 0 spiro atoms. The average Bonchev–Trinajstić information content (AvgIpc) is 2.18. The Labute approximate surface area is 101 Å². The van der Waals surface area contributed by atoms with Crippen LogP contribution in [0.15, 0.2) is 18.2 Å². The second-order valence-electron chi connectivity index (χ2n) is 5.04. The maximum atomic E-state index is 13.0. The molecule has 4 heteroatoms. The van der Waals surface area contributed by atoms with Gasteiger partial charge in [-0.3, -0.25) is 11.3 Å². The molecule has 1 atom stereocenters. The fourth-order valence-corrected chi connectivity index (χ4v) is 1.72. The van der Waals surface area contributed by atoms with Crippen LogP contribution in [0.5, 0.6) is 0 Å². The Balaban J connectivity index is 2.83. The van der Waals surface area contributed by atoms with Crippen LogP contribution in [0.1, 0.15) is 26.3 Å². The molecule has 0 fully saturated rings. The van der Waals surface area contributed by atoms with Gasteiger partial charge in [0.15, 0.2) is 0 Å². The zero-order valence-corrected chi connectivity index (χ0v) is 10.6. The van der Waals surface area contributed by atoms with E-state index < -0.39 is 5.82 Å². The first kappa shape index (κ1) is 13.4. The lowest BCUT2D eigenvalue weighted by atomic mass is 9.83. The molecule has 0 aliphatic carbocycles. The van der Waals surface area contributed by atoms with Crippen LogP contribution in [-0.4, -0.2) is 6.04 Å². The first-order valence-corrected chi connectivity index (χ1v) is 5.62. The molecular formula is C12H18ClFN2. The molecule has 0 aliphatic heterocycles. The SMILES string of the molecule is CC(C)(C)C(Cc1ccc(F)c(Cl)c1)NN. The molecule has 0 heterocycles. The molecule has 0 amide bonds. The summed E-state index contributed by atoms with van der Waals surface area (Å²) in [7, 11) is 0. The number of benzene rings is 1. The van der Waals surface area contributed by atoms with E-state index in [0.717, 1.165) is 12.0 Å². The van der Waals surface area contributed by atoms with Crippen molar-refractivity contribution < 1.29 is 4.39 Å². The minimum atomic E-state index is -0.390. The predicted octanol–water partition coefficient (Wildman–Crippen LogP) is 2.90. The Morgan fingerprint density at radius 3 is 2.50 bits per heavy atom. The lowest BCUT2D eigenvalue weighted by Crippen LogP contribution is -2.45. The average molecular weight is 245 g/mol. The maximum absolute atomic E-state index is 13.0. The van der Waals surface area contributed by atoms with Crippen molar-refractivity contribution in [3.05, 3.63) is 34.6 Å². The number of hydrazine groups is 1. The summed E-state index contributed by atoms with van der Waals surface area (Å²) in [5, 5.41) is 0.155. The van der Waals surface area contributed by atoms with Crippen molar-refractivity contribution in [2.45, 2.75) is 33.2 Å². The maximum Gasteiger partial charge on any atom is 0.141 e. The topological polar surface area (TPSA) is 38.0 Å². The first-order valence-electron chi connectivity index (χ1n) is 5.24. The highest BCUT2D eigenvalue weighted by molar-refractivity contribution is 6.30. The summed E-state index contributed by atoms with van der Waals surface area (Å²) in [6, 6.07) is 4.88. The Bertz CT molecular complexity index is 361. The molecule has 0 saturated heterocycles.